The minimum Gasteiger partial charge on any atom is -0.236 e. The van der Waals surface area contributed by atoms with Crippen LogP contribution < -0.4 is 0 Å². The van der Waals surface area contributed by atoms with Crippen molar-refractivity contribution in [3.8, 4) is 0 Å². The van der Waals surface area contributed by atoms with Crippen LogP contribution in [0.5, 0.6) is 0 Å². The first-order chi connectivity index (χ1) is 3.48. The third kappa shape index (κ3) is 2.58. The highest BCUT2D eigenvalue weighted by Gasteiger charge is 2.19. The molecule has 0 spiro atoms. The van der Waals surface area contributed by atoms with Gasteiger partial charge in [0.15, 0.2) is 0 Å². The van der Waals surface area contributed by atoms with E-state index in [9.17, 15) is 5.11 Å². The molecule has 0 aliphatic heterocycles. The second kappa shape index (κ2) is 2.74. The molecule has 0 rings (SSSR count). The largest absolute Gasteiger partial charge is 0.236 e. The van der Waals surface area contributed by atoms with Crippen molar-refractivity contribution in [3.05, 3.63) is 0 Å². The van der Waals surface area contributed by atoms with Gasteiger partial charge in [-0.1, -0.05) is 20.8 Å². The van der Waals surface area contributed by atoms with Crippen LogP contribution in [0.1, 0.15) is 20.8 Å². The molecule has 0 bridgehead atoms. The second-order valence-electron chi connectivity index (χ2n) is 3.05. The fourth-order valence-electron chi connectivity index (χ4n) is 0.250. The molecule has 1 unspecified atom stereocenters. The van der Waals surface area contributed by atoms with Crippen LogP contribution in [0, 0.1) is 5.41 Å². The quantitative estimate of drug-likeness (QED) is 0.526. The maximum Gasteiger partial charge on any atom is 0.0943 e. The number of thiol groups is 1. The zero-order valence-corrected chi connectivity index (χ0v) is 6.53. The fourth-order valence-corrected chi connectivity index (χ4v) is 0.250. The molecule has 0 aliphatic rings. The van der Waals surface area contributed by atoms with E-state index in [1.165, 1.54) is 0 Å². The lowest BCUT2D eigenvalue weighted by Crippen LogP contribution is -2.23. The van der Waals surface area contributed by atoms with E-state index in [1.807, 2.05) is 20.8 Å². The topological polar surface area (TPSA) is 19.9 Å². The molecule has 49 valence electrons. The molecule has 2 heteroatoms. The lowest BCUT2D eigenvalue weighted by atomic mass is 9.92. The van der Waals surface area contributed by atoms with E-state index >= 15 is 0 Å². The van der Waals surface area contributed by atoms with Gasteiger partial charge in [0.2, 0.25) is 0 Å². The van der Waals surface area contributed by atoms with Gasteiger partial charge in [0.1, 0.15) is 0 Å². The number of hydrogen-bond donors (Lipinski definition) is 1. The summed E-state index contributed by atoms with van der Waals surface area (Å²) in [5, 5.41) is 10.2. The first-order valence-electron chi connectivity index (χ1n) is 2.74. The lowest BCUT2D eigenvalue weighted by molar-refractivity contribution is 0.160. The standard InChI is InChI=1S/C6H13OS/c1-6(2,3)5(8)4-7/h5,8H,4H2,1-3H3. The summed E-state index contributed by atoms with van der Waals surface area (Å²) in [7, 11) is 0. The summed E-state index contributed by atoms with van der Waals surface area (Å²) in [5.41, 5.74) is 0.0604. The Morgan fingerprint density at radius 3 is 1.88 bits per heavy atom. The van der Waals surface area contributed by atoms with Gasteiger partial charge in [-0.2, -0.15) is 12.6 Å². The molecule has 0 aromatic carbocycles. The second-order valence-corrected chi connectivity index (χ2v) is 3.67. The maximum absolute atomic E-state index is 10.2. The Bertz CT molecular complexity index is 65.4. The SMILES string of the molecule is CC(C)(C)C(S)C[O]. The third-order valence-electron chi connectivity index (χ3n) is 1.16. The Labute approximate surface area is 56.5 Å². The van der Waals surface area contributed by atoms with E-state index < -0.39 is 0 Å². The smallest absolute Gasteiger partial charge is 0.0943 e. The van der Waals surface area contributed by atoms with Crippen molar-refractivity contribution in [2.45, 2.75) is 26.0 Å². The van der Waals surface area contributed by atoms with Gasteiger partial charge < -0.3 is 0 Å². The monoisotopic (exact) mass is 133 g/mol. The molecule has 1 atom stereocenters. The molecule has 1 radical (unpaired) electrons. The summed E-state index contributed by atoms with van der Waals surface area (Å²) < 4.78 is 0. The average Bonchev–Trinajstić information content (AvgIpc) is 1.62. The van der Waals surface area contributed by atoms with Gasteiger partial charge in [-0.15, -0.1) is 0 Å². The minimum absolute atomic E-state index is 0.0116. The zero-order chi connectivity index (χ0) is 6.78. The molecule has 1 nitrogen and oxygen atoms in total. The number of hydrogen-bond acceptors (Lipinski definition) is 1. The normalized spacial score (nSPS) is 16.1. The molecule has 0 heterocycles. The van der Waals surface area contributed by atoms with Gasteiger partial charge in [0.25, 0.3) is 0 Å². The van der Waals surface area contributed by atoms with Crippen molar-refractivity contribution in [2.24, 2.45) is 5.41 Å². The molecule has 0 saturated heterocycles. The first kappa shape index (κ1) is 8.31. The molecule has 0 N–H and O–H groups in total. The van der Waals surface area contributed by atoms with Crippen molar-refractivity contribution >= 4 is 12.6 Å². The Hall–Kier alpha value is 0.310. The molecular formula is C6H13OS. The van der Waals surface area contributed by atoms with Gasteiger partial charge in [-0.3, -0.25) is 0 Å². The van der Waals surface area contributed by atoms with Crippen LogP contribution in [0.3, 0.4) is 0 Å². The summed E-state index contributed by atoms with van der Waals surface area (Å²) in [6.45, 7) is 5.96. The van der Waals surface area contributed by atoms with Crippen LogP contribution in [-0.4, -0.2) is 11.9 Å². The van der Waals surface area contributed by atoms with Crippen molar-refractivity contribution in [1.82, 2.24) is 0 Å². The Morgan fingerprint density at radius 2 is 1.88 bits per heavy atom. The Morgan fingerprint density at radius 1 is 1.50 bits per heavy atom. The molecule has 0 aliphatic carbocycles. The van der Waals surface area contributed by atoms with Gasteiger partial charge >= 0.3 is 0 Å². The van der Waals surface area contributed by atoms with Crippen LogP contribution in [0.4, 0.5) is 0 Å². The molecule has 0 saturated carbocycles. The molecular weight excluding hydrogens is 120 g/mol. The van der Waals surface area contributed by atoms with Crippen LogP contribution in [0.25, 0.3) is 0 Å². The molecule has 0 aromatic heterocycles. The van der Waals surface area contributed by atoms with Crippen LogP contribution in [0.15, 0.2) is 0 Å². The summed E-state index contributed by atoms with van der Waals surface area (Å²) in [6.07, 6.45) is 0. The van der Waals surface area contributed by atoms with E-state index in [4.69, 9.17) is 0 Å². The highest BCUT2D eigenvalue weighted by molar-refractivity contribution is 7.81. The maximum atomic E-state index is 10.2. The van der Waals surface area contributed by atoms with Crippen molar-refractivity contribution in [1.29, 1.82) is 0 Å². The van der Waals surface area contributed by atoms with Crippen LogP contribution >= 0.6 is 12.6 Å². The summed E-state index contributed by atoms with van der Waals surface area (Å²) in [4.78, 5) is 0. The Balaban J connectivity index is 3.62. The Kier molecular flexibility index (Phi) is 2.84. The average molecular weight is 133 g/mol. The van der Waals surface area contributed by atoms with Gasteiger partial charge in [-0.25, -0.2) is 5.11 Å². The molecule has 0 fully saturated rings. The fraction of sp³-hybridized carbons (Fsp3) is 1.00. The van der Waals surface area contributed by atoms with Crippen molar-refractivity contribution in [2.75, 3.05) is 6.61 Å². The molecule has 0 aromatic rings. The van der Waals surface area contributed by atoms with Gasteiger partial charge in [-0.05, 0) is 5.41 Å². The van der Waals surface area contributed by atoms with Crippen LogP contribution in [-0.2, 0) is 5.11 Å². The van der Waals surface area contributed by atoms with E-state index in [0.717, 1.165) is 0 Å². The summed E-state index contributed by atoms with van der Waals surface area (Å²) >= 11 is 4.10. The van der Waals surface area contributed by atoms with Gasteiger partial charge in [0, 0.05) is 5.25 Å². The first-order valence-corrected chi connectivity index (χ1v) is 3.26. The van der Waals surface area contributed by atoms with E-state index in [2.05, 4.69) is 12.6 Å². The number of rotatable bonds is 1. The zero-order valence-electron chi connectivity index (χ0n) is 5.64. The highest BCUT2D eigenvalue weighted by atomic mass is 32.1. The van der Waals surface area contributed by atoms with E-state index in [-0.39, 0.29) is 17.3 Å². The molecule has 8 heavy (non-hydrogen) atoms. The van der Waals surface area contributed by atoms with Gasteiger partial charge in [0.05, 0.1) is 6.61 Å². The highest BCUT2D eigenvalue weighted by Crippen LogP contribution is 2.22. The van der Waals surface area contributed by atoms with E-state index in [1.54, 1.807) is 0 Å². The summed E-state index contributed by atoms with van der Waals surface area (Å²) in [6, 6.07) is 0. The van der Waals surface area contributed by atoms with Crippen molar-refractivity contribution < 1.29 is 5.11 Å². The predicted molar refractivity (Wildman–Crippen MR) is 37.8 cm³/mol. The lowest BCUT2D eigenvalue weighted by Gasteiger charge is -2.23. The predicted octanol–water partition coefficient (Wildman–Crippen LogP) is 1.76. The summed E-state index contributed by atoms with van der Waals surface area (Å²) in [5.74, 6) is 0. The van der Waals surface area contributed by atoms with E-state index in [0.29, 0.717) is 0 Å². The van der Waals surface area contributed by atoms with Crippen molar-refractivity contribution in [3.63, 3.8) is 0 Å². The molecule has 0 amide bonds. The van der Waals surface area contributed by atoms with Crippen LogP contribution in [0.2, 0.25) is 0 Å². The minimum atomic E-state index is -0.0907. The third-order valence-corrected chi connectivity index (χ3v) is 2.08.